The Hall–Kier alpha value is -3.64. The van der Waals surface area contributed by atoms with Gasteiger partial charge in [-0.1, -0.05) is 54.2 Å². The van der Waals surface area contributed by atoms with Crippen LogP contribution in [0.15, 0.2) is 92.0 Å². The van der Waals surface area contributed by atoms with Gasteiger partial charge in [-0.3, -0.25) is 9.36 Å². The Morgan fingerprint density at radius 1 is 0.906 bits per heavy atom. The standard InChI is InChI=1S/C26H20N2O3S/c1-16-12-13-20-18(14-23(29)31-24(20)17(16)2)15-32-26-27-22-11-7-6-10-21(22)25(30)28(26)19-8-4-3-5-9-19/h3-14H,15H2,1-2H3. The minimum atomic E-state index is -0.381. The van der Waals surface area contributed by atoms with Crippen LogP contribution in [0.5, 0.6) is 0 Å². The highest BCUT2D eigenvalue weighted by Gasteiger charge is 2.15. The highest BCUT2D eigenvalue weighted by Crippen LogP contribution is 2.29. The molecule has 0 N–H and O–H groups in total. The summed E-state index contributed by atoms with van der Waals surface area (Å²) >= 11 is 1.43. The molecule has 3 aromatic carbocycles. The molecule has 158 valence electrons. The first-order valence-electron chi connectivity index (χ1n) is 10.3. The zero-order valence-electron chi connectivity index (χ0n) is 17.7. The molecule has 5 aromatic rings. The number of fused-ring (bicyclic) bond motifs is 2. The summed E-state index contributed by atoms with van der Waals surface area (Å²) in [4.78, 5) is 30.4. The normalized spacial score (nSPS) is 11.3. The van der Waals surface area contributed by atoms with E-state index in [1.165, 1.54) is 17.8 Å². The molecule has 0 aliphatic carbocycles. The van der Waals surface area contributed by atoms with E-state index in [9.17, 15) is 9.59 Å². The average Bonchev–Trinajstić information content (AvgIpc) is 2.81. The third-order valence-corrected chi connectivity index (χ3v) is 6.62. The van der Waals surface area contributed by atoms with Gasteiger partial charge in [-0.15, -0.1) is 0 Å². The predicted molar refractivity (Wildman–Crippen MR) is 129 cm³/mol. The van der Waals surface area contributed by atoms with Crippen molar-refractivity contribution in [2.24, 2.45) is 0 Å². The van der Waals surface area contributed by atoms with Gasteiger partial charge in [0.05, 0.1) is 16.6 Å². The highest BCUT2D eigenvalue weighted by molar-refractivity contribution is 7.98. The molecule has 5 nitrogen and oxygen atoms in total. The summed E-state index contributed by atoms with van der Waals surface area (Å²) in [5, 5.41) is 2.04. The molecule has 0 bridgehead atoms. The molecule has 5 rings (SSSR count). The number of aromatic nitrogens is 2. The van der Waals surface area contributed by atoms with Gasteiger partial charge in [-0.05, 0) is 54.8 Å². The van der Waals surface area contributed by atoms with Gasteiger partial charge in [0, 0.05) is 17.2 Å². The SMILES string of the molecule is Cc1ccc2c(CSc3nc4ccccc4c(=O)n3-c3ccccc3)cc(=O)oc2c1C. The summed E-state index contributed by atoms with van der Waals surface area (Å²) < 4.78 is 7.14. The molecule has 32 heavy (non-hydrogen) atoms. The number of para-hydroxylation sites is 2. The third-order valence-electron chi connectivity index (χ3n) is 5.63. The van der Waals surface area contributed by atoms with Gasteiger partial charge >= 0.3 is 5.63 Å². The molecule has 0 radical (unpaired) electrons. The van der Waals surface area contributed by atoms with Gasteiger partial charge in [0.25, 0.3) is 5.56 Å². The van der Waals surface area contributed by atoms with Gasteiger partial charge in [0.1, 0.15) is 5.58 Å². The van der Waals surface area contributed by atoms with Crippen molar-refractivity contribution in [3.63, 3.8) is 0 Å². The Morgan fingerprint density at radius 3 is 2.47 bits per heavy atom. The van der Waals surface area contributed by atoms with E-state index in [-0.39, 0.29) is 11.2 Å². The summed E-state index contributed by atoms with van der Waals surface area (Å²) in [6.45, 7) is 3.95. The topological polar surface area (TPSA) is 65.1 Å². The van der Waals surface area contributed by atoms with E-state index in [1.54, 1.807) is 10.6 Å². The molecule has 0 spiro atoms. The summed E-state index contributed by atoms with van der Waals surface area (Å²) in [6.07, 6.45) is 0. The van der Waals surface area contributed by atoms with Gasteiger partial charge in [0.15, 0.2) is 5.16 Å². The molecule has 2 heterocycles. The van der Waals surface area contributed by atoms with Gasteiger partial charge in [-0.25, -0.2) is 9.78 Å². The zero-order chi connectivity index (χ0) is 22.2. The van der Waals surface area contributed by atoms with E-state index in [4.69, 9.17) is 9.40 Å². The molecule has 0 unspecified atom stereocenters. The van der Waals surface area contributed by atoms with E-state index in [0.29, 0.717) is 27.4 Å². The van der Waals surface area contributed by atoms with Crippen molar-refractivity contribution >= 4 is 33.6 Å². The monoisotopic (exact) mass is 440 g/mol. The van der Waals surface area contributed by atoms with E-state index in [1.807, 2.05) is 74.5 Å². The second-order valence-corrected chi connectivity index (χ2v) is 8.59. The van der Waals surface area contributed by atoms with Crippen LogP contribution >= 0.6 is 11.8 Å². The van der Waals surface area contributed by atoms with Crippen molar-refractivity contribution in [3.05, 3.63) is 110 Å². The molecule has 0 aliphatic heterocycles. The lowest BCUT2D eigenvalue weighted by Crippen LogP contribution is -2.21. The van der Waals surface area contributed by atoms with E-state index in [0.717, 1.165) is 27.8 Å². The Balaban J connectivity index is 1.65. The van der Waals surface area contributed by atoms with Crippen LogP contribution in [0.25, 0.3) is 27.6 Å². The van der Waals surface area contributed by atoms with Gasteiger partial charge in [0.2, 0.25) is 0 Å². The maximum absolute atomic E-state index is 13.4. The van der Waals surface area contributed by atoms with Crippen molar-refractivity contribution < 1.29 is 4.42 Å². The lowest BCUT2D eigenvalue weighted by Gasteiger charge is -2.14. The number of hydrogen-bond acceptors (Lipinski definition) is 5. The van der Waals surface area contributed by atoms with Crippen molar-refractivity contribution in [2.75, 3.05) is 0 Å². The van der Waals surface area contributed by atoms with Crippen LogP contribution in [0, 0.1) is 13.8 Å². The van der Waals surface area contributed by atoms with Crippen LogP contribution in [0.2, 0.25) is 0 Å². The van der Waals surface area contributed by atoms with Gasteiger partial charge < -0.3 is 4.42 Å². The Bertz CT molecular complexity index is 1590. The van der Waals surface area contributed by atoms with Gasteiger partial charge in [-0.2, -0.15) is 0 Å². The first kappa shape index (κ1) is 20.3. The van der Waals surface area contributed by atoms with Crippen molar-refractivity contribution in [1.29, 1.82) is 0 Å². The fourth-order valence-corrected chi connectivity index (χ4v) is 4.80. The summed E-state index contributed by atoms with van der Waals surface area (Å²) in [6, 6.07) is 22.4. The number of rotatable bonds is 4. The first-order chi connectivity index (χ1) is 15.5. The largest absolute Gasteiger partial charge is 0.422 e. The minimum Gasteiger partial charge on any atom is -0.422 e. The molecule has 0 fully saturated rings. The predicted octanol–water partition coefficient (Wildman–Crippen LogP) is 5.40. The van der Waals surface area contributed by atoms with Crippen molar-refractivity contribution in [1.82, 2.24) is 9.55 Å². The third kappa shape index (κ3) is 3.52. The van der Waals surface area contributed by atoms with E-state index in [2.05, 4.69) is 0 Å². The average molecular weight is 441 g/mol. The van der Waals surface area contributed by atoms with Crippen molar-refractivity contribution in [2.45, 2.75) is 24.8 Å². The smallest absolute Gasteiger partial charge is 0.336 e. The van der Waals surface area contributed by atoms with Crippen molar-refractivity contribution in [3.8, 4) is 5.69 Å². The zero-order valence-corrected chi connectivity index (χ0v) is 18.5. The maximum atomic E-state index is 13.4. The van der Waals surface area contributed by atoms with Crippen LogP contribution in [-0.2, 0) is 5.75 Å². The molecule has 0 saturated heterocycles. The minimum absolute atomic E-state index is 0.117. The molecular formula is C26H20N2O3S. The number of aryl methyl sites for hydroxylation is 2. The number of hydrogen-bond donors (Lipinski definition) is 0. The molecule has 2 aromatic heterocycles. The fraction of sp³-hybridized carbons (Fsp3) is 0.115. The first-order valence-corrected chi connectivity index (χ1v) is 11.2. The quantitative estimate of drug-likeness (QED) is 0.213. The van der Waals surface area contributed by atoms with Crippen LogP contribution in [0.3, 0.4) is 0 Å². The Labute approximate surface area is 188 Å². The Morgan fingerprint density at radius 2 is 1.66 bits per heavy atom. The molecule has 6 heteroatoms. The van der Waals surface area contributed by atoms with Crippen LogP contribution < -0.4 is 11.2 Å². The summed E-state index contributed by atoms with van der Waals surface area (Å²) in [7, 11) is 0. The van der Waals surface area contributed by atoms with Crippen LogP contribution in [0.4, 0.5) is 0 Å². The van der Waals surface area contributed by atoms with E-state index >= 15 is 0 Å². The number of benzene rings is 3. The number of thioether (sulfide) groups is 1. The molecular weight excluding hydrogens is 420 g/mol. The second kappa shape index (κ2) is 8.13. The van der Waals surface area contributed by atoms with Crippen LogP contribution in [0.1, 0.15) is 16.7 Å². The molecule has 0 amide bonds. The Kier molecular flexibility index (Phi) is 5.15. The van der Waals surface area contributed by atoms with Crippen LogP contribution in [-0.4, -0.2) is 9.55 Å². The molecule has 0 aliphatic rings. The second-order valence-electron chi connectivity index (χ2n) is 7.65. The number of nitrogens with zero attached hydrogens (tertiary/aromatic N) is 2. The summed E-state index contributed by atoms with van der Waals surface area (Å²) in [5.41, 5.74) is 4.39. The lowest BCUT2D eigenvalue weighted by molar-refractivity contribution is 0.557. The lowest BCUT2D eigenvalue weighted by atomic mass is 10.0. The molecule has 0 atom stereocenters. The van der Waals surface area contributed by atoms with E-state index < -0.39 is 0 Å². The highest BCUT2D eigenvalue weighted by atomic mass is 32.2. The summed E-state index contributed by atoms with van der Waals surface area (Å²) in [5.74, 6) is 0.474. The molecule has 0 saturated carbocycles. The fourth-order valence-electron chi connectivity index (χ4n) is 3.80. The maximum Gasteiger partial charge on any atom is 0.336 e.